The van der Waals surface area contributed by atoms with Crippen molar-refractivity contribution in [3.05, 3.63) is 59.0 Å². The summed E-state index contributed by atoms with van der Waals surface area (Å²) >= 11 is 0. The van der Waals surface area contributed by atoms with Crippen LogP contribution < -0.4 is 4.90 Å². The fourth-order valence-electron chi connectivity index (χ4n) is 3.65. The topological polar surface area (TPSA) is 71.4 Å². The molecule has 0 saturated carbocycles. The number of aromatic amines is 1. The van der Waals surface area contributed by atoms with Gasteiger partial charge in [-0.3, -0.25) is 0 Å². The molecule has 0 aliphatic carbocycles. The summed E-state index contributed by atoms with van der Waals surface area (Å²) < 4.78 is 24.0. The van der Waals surface area contributed by atoms with Crippen LogP contribution in [0.4, 0.5) is 10.4 Å². The largest absolute Gasteiger partial charge is 0.465 e. The van der Waals surface area contributed by atoms with E-state index in [0.717, 1.165) is 35.1 Å². The summed E-state index contributed by atoms with van der Waals surface area (Å²) in [6.07, 6.45) is 0.796. The number of hydrogen-bond acceptors (Lipinski definition) is 5. The lowest BCUT2D eigenvalue weighted by molar-refractivity contribution is 0.0601. The van der Waals surface area contributed by atoms with E-state index in [9.17, 15) is 9.18 Å². The minimum atomic E-state index is -0.361. The van der Waals surface area contributed by atoms with Crippen molar-refractivity contribution in [1.82, 2.24) is 9.97 Å². The summed E-state index contributed by atoms with van der Waals surface area (Å²) in [6, 6.07) is 10.3. The Bertz CT molecular complexity index is 1190. The molecule has 5 rings (SSSR count). The number of halogens is 1. The molecule has 7 heteroatoms. The number of rotatable bonds is 2. The normalized spacial score (nSPS) is 13.9. The van der Waals surface area contributed by atoms with Gasteiger partial charge in [-0.25, -0.2) is 9.18 Å². The third-order valence-electron chi connectivity index (χ3n) is 5.01. The van der Waals surface area contributed by atoms with Gasteiger partial charge in [-0.2, -0.15) is 4.98 Å². The zero-order valence-electron chi connectivity index (χ0n) is 14.6. The van der Waals surface area contributed by atoms with Crippen molar-refractivity contribution in [2.75, 3.05) is 18.6 Å². The van der Waals surface area contributed by atoms with E-state index in [2.05, 4.69) is 9.97 Å². The van der Waals surface area contributed by atoms with Crippen molar-refractivity contribution in [3.63, 3.8) is 0 Å². The highest BCUT2D eigenvalue weighted by molar-refractivity contribution is 5.96. The van der Waals surface area contributed by atoms with Gasteiger partial charge >= 0.3 is 5.97 Å². The van der Waals surface area contributed by atoms with Crippen molar-refractivity contribution in [1.29, 1.82) is 0 Å². The van der Waals surface area contributed by atoms with Gasteiger partial charge in [0.2, 0.25) is 0 Å². The Morgan fingerprint density at radius 3 is 3.04 bits per heavy atom. The second-order valence-corrected chi connectivity index (χ2v) is 6.61. The van der Waals surface area contributed by atoms with E-state index < -0.39 is 0 Å². The van der Waals surface area contributed by atoms with Crippen molar-refractivity contribution in [2.24, 2.45) is 0 Å². The molecule has 0 fully saturated rings. The van der Waals surface area contributed by atoms with Gasteiger partial charge in [0.1, 0.15) is 11.3 Å². The predicted molar refractivity (Wildman–Crippen MR) is 98.4 cm³/mol. The predicted octanol–water partition coefficient (Wildman–Crippen LogP) is 3.80. The summed E-state index contributed by atoms with van der Waals surface area (Å²) in [6.45, 7) is 1.33. The molecule has 2 aromatic heterocycles. The Hall–Kier alpha value is -3.35. The van der Waals surface area contributed by atoms with Crippen molar-refractivity contribution in [3.8, 4) is 0 Å². The zero-order chi connectivity index (χ0) is 18.5. The van der Waals surface area contributed by atoms with E-state index in [-0.39, 0.29) is 11.8 Å². The van der Waals surface area contributed by atoms with E-state index in [1.807, 2.05) is 17.0 Å². The van der Waals surface area contributed by atoms with E-state index >= 15 is 0 Å². The lowest BCUT2D eigenvalue weighted by Gasteiger charge is -2.25. The number of H-pyrrole nitrogens is 1. The van der Waals surface area contributed by atoms with Gasteiger partial charge in [-0.1, -0.05) is 0 Å². The maximum absolute atomic E-state index is 13.4. The summed E-state index contributed by atoms with van der Waals surface area (Å²) in [5, 5.41) is 0.986. The first kappa shape index (κ1) is 15.9. The first-order valence-corrected chi connectivity index (χ1v) is 8.65. The van der Waals surface area contributed by atoms with Gasteiger partial charge in [0.15, 0.2) is 5.58 Å². The third kappa shape index (κ3) is 2.54. The number of aromatic nitrogens is 2. The first-order chi connectivity index (χ1) is 13.1. The maximum atomic E-state index is 13.4. The van der Waals surface area contributed by atoms with Crippen molar-refractivity contribution in [2.45, 2.75) is 13.0 Å². The number of oxazole rings is 1. The zero-order valence-corrected chi connectivity index (χ0v) is 14.6. The molecule has 0 bridgehead atoms. The number of benzene rings is 2. The summed E-state index contributed by atoms with van der Waals surface area (Å²) in [4.78, 5) is 21.7. The van der Waals surface area contributed by atoms with E-state index in [1.54, 1.807) is 12.1 Å². The van der Waals surface area contributed by atoms with Crippen LogP contribution in [0.15, 0.2) is 40.8 Å². The van der Waals surface area contributed by atoms with Crippen LogP contribution in [0.1, 0.15) is 21.6 Å². The summed E-state index contributed by atoms with van der Waals surface area (Å²) in [5.41, 5.74) is 4.81. The number of nitrogens with one attached hydrogen (secondary N) is 1. The number of carbonyl (C=O) groups excluding carboxylic acids is 1. The van der Waals surface area contributed by atoms with Crippen LogP contribution in [0.3, 0.4) is 0 Å². The number of hydrogen-bond donors (Lipinski definition) is 1. The number of methoxy groups -OCH3 is 1. The number of ether oxygens (including phenoxy) is 1. The summed E-state index contributed by atoms with van der Waals surface area (Å²) in [5.74, 6) is -0.698. The molecule has 3 heterocycles. The Morgan fingerprint density at radius 1 is 1.30 bits per heavy atom. The highest BCUT2D eigenvalue weighted by atomic mass is 19.1. The number of esters is 1. The molecule has 1 aliphatic heterocycles. The lowest BCUT2D eigenvalue weighted by atomic mass is 10.0. The molecule has 27 heavy (non-hydrogen) atoms. The average molecular weight is 365 g/mol. The molecular weight excluding hydrogens is 349 g/mol. The van der Waals surface area contributed by atoms with Crippen molar-refractivity contribution >= 4 is 34.0 Å². The number of carbonyl (C=O) groups is 1. The molecule has 1 aliphatic rings. The Morgan fingerprint density at radius 2 is 2.19 bits per heavy atom. The van der Waals surface area contributed by atoms with E-state index in [4.69, 9.17) is 9.15 Å². The van der Waals surface area contributed by atoms with Crippen LogP contribution in [0.2, 0.25) is 0 Å². The van der Waals surface area contributed by atoms with Gasteiger partial charge < -0.3 is 19.0 Å². The minimum Gasteiger partial charge on any atom is -0.465 e. The summed E-state index contributed by atoms with van der Waals surface area (Å²) in [7, 11) is 1.37. The standard InChI is InChI=1S/C20H16FN3O3/c1-26-19(25)11-2-4-15-13(8-11)14-10-24(7-6-16(14)22-15)20-23-17-9-12(21)3-5-18(17)27-20/h2-5,8-9,22H,6-7,10H2,1H3. The van der Waals surface area contributed by atoms with E-state index in [1.165, 1.54) is 19.2 Å². The molecule has 1 N–H and O–H groups in total. The van der Waals surface area contributed by atoms with Gasteiger partial charge in [0, 0.05) is 47.7 Å². The quantitative estimate of drug-likeness (QED) is 0.547. The van der Waals surface area contributed by atoms with Crippen LogP contribution in [-0.4, -0.2) is 29.6 Å². The van der Waals surface area contributed by atoms with Gasteiger partial charge in [0.05, 0.1) is 12.7 Å². The number of nitrogens with zero attached hydrogens (tertiary/aromatic N) is 2. The molecule has 0 spiro atoms. The minimum absolute atomic E-state index is 0.338. The van der Waals surface area contributed by atoms with Crippen LogP contribution in [-0.2, 0) is 17.7 Å². The molecule has 136 valence electrons. The number of fused-ring (bicyclic) bond motifs is 4. The second-order valence-electron chi connectivity index (χ2n) is 6.61. The van der Waals surface area contributed by atoms with Gasteiger partial charge in [-0.15, -0.1) is 0 Å². The molecule has 2 aromatic carbocycles. The highest BCUT2D eigenvalue weighted by Gasteiger charge is 2.24. The SMILES string of the molecule is COC(=O)c1ccc2[nH]c3c(c2c1)CN(c1nc2cc(F)ccc2o1)CC3. The fraction of sp³-hybridized carbons (Fsp3) is 0.200. The number of anilines is 1. The highest BCUT2D eigenvalue weighted by Crippen LogP contribution is 2.32. The molecule has 0 atom stereocenters. The van der Waals surface area contributed by atoms with Crippen LogP contribution in [0.5, 0.6) is 0 Å². The van der Waals surface area contributed by atoms with Gasteiger partial charge in [0.25, 0.3) is 6.01 Å². The lowest BCUT2D eigenvalue weighted by Crippen LogP contribution is -2.30. The molecule has 6 nitrogen and oxygen atoms in total. The fourth-order valence-corrected chi connectivity index (χ4v) is 3.65. The molecule has 0 saturated heterocycles. The van der Waals surface area contributed by atoms with Crippen LogP contribution in [0.25, 0.3) is 22.0 Å². The maximum Gasteiger partial charge on any atom is 0.337 e. The van der Waals surface area contributed by atoms with Crippen molar-refractivity contribution < 1.29 is 18.3 Å². The third-order valence-corrected chi connectivity index (χ3v) is 5.01. The Kier molecular flexibility index (Phi) is 3.43. The first-order valence-electron chi connectivity index (χ1n) is 8.65. The second kappa shape index (κ2) is 5.84. The molecule has 0 radical (unpaired) electrons. The van der Waals surface area contributed by atoms with Gasteiger partial charge in [-0.05, 0) is 30.3 Å². The molecular formula is C20H16FN3O3. The monoisotopic (exact) mass is 365 g/mol. The average Bonchev–Trinajstić information content (AvgIpc) is 3.27. The molecule has 4 aromatic rings. The molecule has 0 amide bonds. The van der Waals surface area contributed by atoms with E-state index in [0.29, 0.717) is 29.2 Å². The Balaban J connectivity index is 1.54. The Labute approximate surface area is 153 Å². The van der Waals surface area contributed by atoms with Crippen LogP contribution >= 0.6 is 0 Å². The smallest absolute Gasteiger partial charge is 0.337 e. The van der Waals surface area contributed by atoms with Crippen LogP contribution in [0, 0.1) is 5.82 Å². The molecule has 0 unspecified atom stereocenters.